The fourth-order valence-corrected chi connectivity index (χ4v) is 2.83. The Hall–Kier alpha value is -0.770. The number of rotatable bonds is 5. The van der Waals surface area contributed by atoms with E-state index in [0.717, 1.165) is 44.0 Å². The molecule has 0 bridgehead atoms. The van der Waals surface area contributed by atoms with Crippen molar-refractivity contribution in [1.29, 1.82) is 0 Å². The lowest BCUT2D eigenvalue weighted by atomic mass is 9.97. The monoisotopic (exact) mass is 282 g/mol. The quantitative estimate of drug-likeness (QED) is 0.462. The third kappa shape index (κ3) is 6.60. The molecule has 118 valence electrons. The SMILES string of the molecule is CN=C(NCCNC(C)(C)C)N1CCC(CC(C)C)C1. The van der Waals surface area contributed by atoms with Crippen molar-refractivity contribution in [3.63, 3.8) is 0 Å². The summed E-state index contributed by atoms with van der Waals surface area (Å²) in [6.07, 6.45) is 2.64. The van der Waals surface area contributed by atoms with Crippen molar-refractivity contribution in [2.45, 2.75) is 53.0 Å². The van der Waals surface area contributed by atoms with Gasteiger partial charge in [0.2, 0.25) is 0 Å². The summed E-state index contributed by atoms with van der Waals surface area (Å²) in [6, 6.07) is 0. The molecular weight excluding hydrogens is 248 g/mol. The number of aliphatic imine (C=N–C) groups is 1. The van der Waals surface area contributed by atoms with Gasteiger partial charge in [0.1, 0.15) is 0 Å². The van der Waals surface area contributed by atoms with Crippen molar-refractivity contribution < 1.29 is 0 Å². The zero-order chi connectivity index (χ0) is 15.2. The standard InChI is InChI=1S/C16H34N4/c1-13(2)11-14-7-10-20(12-14)15(17-6)18-8-9-19-16(3,4)5/h13-14,19H,7-12H2,1-6H3,(H,17,18). The van der Waals surface area contributed by atoms with Gasteiger partial charge in [0.25, 0.3) is 0 Å². The van der Waals surface area contributed by atoms with Gasteiger partial charge in [0, 0.05) is 38.8 Å². The van der Waals surface area contributed by atoms with E-state index in [9.17, 15) is 0 Å². The number of nitrogens with zero attached hydrogens (tertiary/aromatic N) is 2. The van der Waals surface area contributed by atoms with Crippen LogP contribution in [0.4, 0.5) is 0 Å². The highest BCUT2D eigenvalue weighted by Crippen LogP contribution is 2.23. The molecule has 1 saturated heterocycles. The van der Waals surface area contributed by atoms with Crippen LogP contribution >= 0.6 is 0 Å². The molecule has 4 heteroatoms. The second kappa shape index (κ2) is 7.87. The van der Waals surface area contributed by atoms with Crippen LogP contribution in [0.25, 0.3) is 0 Å². The van der Waals surface area contributed by atoms with Crippen LogP contribution in [-0.2, 0) is 0 Å². The molecule has 1 heterocycles. The van der Waals surface area contributed by atoms with E-state index in [4.69, 9.17) is 0 Å². The highest BCUT2D eigenvalue weighted by atomic mass is 15.3. The molecule has 1 rings (SSSR count). The van der Waals surface area contributed by atoms with Gasteiger partial charge in [-0.3, -0.25) is 4.99 Å². The lowest BCUT2D eigenvalue weighted by Gasteiger charge is -2.24. The van der Waals surface area contributed by atoms with Crippen LogP contribution in [0, 0.1) is 11.8 Å². The average Bonchev–Trinajstić information content (AvgIpc) is 2.75. The Kier molecular flexibility index (Phi) is 6.80. The molecule has 0 aromatic carbocycles. The van der Waals surface area contributed by atoms with Gasteiger partial charge >= 0.3 is 0 Å². The molecule has 1 fully saturated rings. The average molecular weight is 282 g/mol. The molecule has 4 nitrogen and oxygen atoms in total. The van der Waals surface area contributed by atoms with E-state index in [1.165, 1.54) is 12.8 Å². The molecule has 20 heavy (non-hydrogen) atoms. The predicted octanol–water partition coefficient (Wildman–Crippen LogP) is 2.32. The third-order valence-corrected chi connectivity index (χ3v) is 3.67. The summed E-state index contributed by atoms with van der Waals surface area (Å²) in [6.45, 7) is 15.4. The summed E-state index contributed by atoms with van der Waals surface area (Å²) in [5, 5.41) is 6.96. The summed E-state index contributed by atoms with van der Waals surface area (Å²) in [5.41, 5.74) is 0.182. The molecule has 1 unspecified atom stereocenters. The molecule has 0 spiro atoms. The summed E-state index contributed by atoms with van der Waals surface area (Å²) in [4.78, 5) is 6.83. The molecule has 1 aliphatic rings. The van der Waals surface area contributed by atoms with Gasteiger partial charge in [-0.1, -0.05) is 13.8 Å². The Bertz CT molecular complexity index is 304. The summed E-state index contributed by atoms with van der Waals surface area (Å²) in [7, 11) is 1.88. The molecular formula is C16H34N4. The zero-order valence-corrected chi connectivity index (χ0v) is 14.3. The van der Waals surface area contributed by atoms with Crippen molar-refractivity contribution in [3.8, 4) is 0 Å². The number of guanidine groups is 1. The molecule has 0 aromatic heterocycles. The van der Waals surface area contributed by atoms with Gasteiger partial charge in [-0.15, -0.1) is 0 Å². The largest absolute Gasteiger partial charge is 0.355 e. The van der Waals surface area contributed by atoms with Gasteiger partial charge in [-0.25, -0.2) is 0 Å². The summed E-state index contributed by atoms with van der Waals surface area (Å²) in [5.74, 6) is 2.69. The van der Waals surface area contributed by atoms with E-state index in [1.807, 2.05) is 7.05 Å². The number of hydrogen-bond donors (Lipinski definition) is 2. The van der Waals surface area contributed by atoms with Crippen molar-refractivity contribution >= 4 is 5.96 Å². The smallest absolute Gasteiger partial charge is 0.193 e. The van der Waals surface area contributed by atoms with Crippen LogP contribution in [0.1, 0.15) is 47.5 Å². The number of hydrogen-bond acceptors (Lipinski definition) is 2. The number of nitrogens with one attached hydrogen (secondary N) is 2. The van der Waals surface area contributed by atoms with Gasteiger partial charge in [-0.05, 0) is 45.4 Å². The van der Waals surface area contributed by atoms with Crippen molar-refractivity contribution in [3.05, 3.63) is 0 Å². The van der Waals surface area contributed by atoms with E-state index in [-0.39, 0.29) is 5.54 Å². The van der Waals surface area contributed by atoms with Gasteiger partial charge < -0.3 is 15.5 Å². The summed E-state index contributed by atoms with van der Waals surface area (Å²) >= 11 is 0. The lowest BCUT2D eigenvalue weighted by molar-refractivity contribution is 0.400. The highest BCUT2D eigenvalue weighted by Gasteiger charge is 2.25. The van der Waals surface area contributed by atoms with E-state index in [2.05, 4.69) is 55.1 Å². The Morgan fingerprint density at radius 3 is 2.55 bits per heavy atom. The molecule has 1 aliphatic heterocycles. The minimum absolute atomic E-state index is 0.182. The maximum absolute atomic E-state index is 4.42. The van der Waals surface area contributed by atoms with E-state index in [1.54, 1.807) is 0 Å². The van der Waals surface area contributed by atoms with Crippen LogP contribution in [0.3, 0.4) is 0 Å². The number of likely N-dealkylation sites (tertiary alicyclic amines) is 1. The van der Waals surface area contributed by atoms with Crippen LogP contribution in [0.2, 0.25) is 0 Å². The van der Waals surface area contributed by atoms with Gasteiger partial charge in [0.15, 0.2) is 5.96 Å². The lowest BCUT2D eigenvalue weighted by Crippen LogP contribution is -2.45. The maximum Gasteiger partial charge on any atom is 0.193 e. The predicted molar refractivity (Wildman–Crippen MR) is 88.3 cm³/mol. The zero-order valence-electron chi connectivity index (χ0n) is 14.3. The molecule has 0 saturated carbocycles. The maximum atomic E-state index is 4.42. The normalized spacial score (nSPS) is 20.9. The first-order valence-corrected chi connectivity index (χ1v) is 8.02. The Morgan fingerprint density at radius 1 is 1.30 bits per heavy atom. The Morgan fingerprint density at radius 2 is 2.00 bits per heavy atom. The topological polar surface area (TPSA) is 39.7 Å². The van der Waals surface area contributed by atoms with Gasteiger partial charge in [0.05, 0.1) is 0 Å². The van der Waals surface area contributed by atoms with Crippen LogP contribution in [0.5, 0.6) is 0 Å². The minimum Gasteiger partial charge on any atom is -0.355 e. The first-order chi connectivity index (χ1) is 9.31. The molecule has 0 amide bonds. The van der Waals surface area contributed by atoms with Gasteiger partial charge in [-0.2, -0.15) is 0 Å². The summed E-state index contributed by atoms with van der Waals surface area (Å²) < 4.78 is 0. The third-order valence-electron chi connectivity index (χ3n) is 3.67. The Labute approximate surface area is 125 Å². The van der Waals surface area contributed by atoms with Crippen molar-refractivity contribution in [2.24, 2.45) is 16.8 Å². The molecule has 0 radical (unpaired) electrons. The minimum atomic E-state index is 0.182. The molecule has 1 atom stereocenters. The van der Waals surface area contributed by atoms with Crippen LogP contribution in [0.15, 0.2) is 4.99 Å². The first kappa shape index (κ1) is 17.3. The van der Waals surface area contributed by atoms with E-state index in [0.29, 0.717) is 0 Å². The second-order valence-corrected chi connectivity index (χ2v) is 7.38. The fourth-order valence-electron chi connectivity index (χ4n) is 2.83. The second-order valence-electron chi connectivity index (χ2n) is 7.38. The van der Waals surface area contributed by atoms with Crippen molar-refractivity contribution in [1.82, 2.24) is 15.5 Å². The molecule has 0 aromatic rings. The first-order valence-electron chi connectivity index (χ1n) is 8.02. The fraction of sp³-hybridized carbons (Fsp3) is 0.938. The highest BCUT2D eigenvalue weighted by molar-refractivity contribution is 5.80. The molecule has 0 aliphatic carbocycles. The van der Waals surface area contributed by atoms with Crippen molar-refractivity contribution in [2.75, 3.05) is 33.2 Å². The van der Waals surface area contributed by atoms with Crippen LogP contribution < -0.4 is 10.6 Å². The Balaban J connectivity index is 2.30. The van der Waals surface area contributed by atoms with Crippen LogP contribution in [-0.4, -0.2) is 49.6 Å². The van der Waals surface area contributed by atoms with E-state index >= 15 is 0 Å². The molecule has 2 N–H and O–H groups in total. The van der Waals surface area contributed by atoms with E-state index < -0.39 is 0 Å².